The topological polar surface area (TPSA) is 56.5 Å². The van der Waals surface area contributed by atoms with Crippen LogP contribution in [0, 0.1) is 11.3 Å². The zero-order valence-corrected chi connectivity index (χ0v) is 10.6. The summed E-state index contributed by atoms with van der Waals surface area (Å²) in [5.74, 6) is 0. The Hall–Kier alpha value is -1.57. The molecular weight excluding hydrogens is 228 g/mol. The van der Waals surface area contributed by atoms with E-state index in [1.54, 1.807) is 13.0 Å². The van der Waals surface area contributed by atoms with E-state index < -0.39 is 6.10 Å². The lowest BCUT2D eigenvalue weighted by atomic mass is 10.0. The average molecular weight is 246 g/mol. The number of rotatable bonds is 2. The lowest BCUT2D eigenvalue weighted by molar-refractivity contribution is 0.152. The molecule has 0 bridgehead atoms. The maximum absolute atomic E-state index is 9.83. The Morgan fingerprint density at radius 2 is 2.22 bits per heavy atom. The molecule has 0 spiro atoms. The number of hydrogen-bond acceptors (Lipinski definition) is 4. The number of aliphatic hydroxyl groups is 1. The molecule has 1 N–H and O–H groups in total. The van der Waals surface area contributed by atoms with Crippen molar-refractivity contribution in [2.24, 2.45) is 0 Å². The van der Waals surface area contributed by atoms with Gasteiger partial charge in [-0.1, -0.05) is 6.07 Å². The van der Waals surface area contributed by atoms with E-state index in [-0.39, 0.29) is 0 Å². The Kier molecular flexibility index (Phi) is 4.19. The highest BCUT2D eigenvalue weighted by molar-refractivity contribution is 5.58. The molecule has 0 unspecified atom stereocenters. The van der Waals surface area contributed by atoms with Crippen LogP contribution in [-0.2, 0) is 4.74 Å². The number of aliphatic hydroxyl groups excluding tert-OH is 1. The molecule has 4 heteroatoms. The van der Waals surface area contributed by atoms with Crippen LogP contribution in [0.3, 0.4) is 0 Å². The number of nitriles is 1. The zero-order chi connectivity index (χ0) is 13.0. The SMILES string of the molecule is C[C@@H](O)c1ccc(C#N)cc1N1CCCOCC1. The van der Waals surface area contributed by atoms with E-state index in [2.05, 4.69) is 11.0 Å². The van der Waals surface area contributed by atoms with Crippen LogP contribution in [0.4, 0.5) is 5.69 Å². The Balaban J connectivity index is 2.36. The van der Waals surface area contributed by atoms with Crippen LogP contribution in [0.5, 0.6) is 0 Å². The molecule has 1 aliphatic heterocycles. The second-order valence-corrected chi connectivity index (χ2v) is 4.51. The van der Waals surface area contributed by atoms with Crippen molar-refractivity contribution in [3.63, 3.8) is 0 Å². The van der Waals surface area contributed by atoms with E-state index in [4.69, 9.17) is 10.00 Å². The third-order valence-corrected chi connectivity index (χ3v) is 3.17. The van der Waals surface area contributed by atoms with E-state index in [9.17, 15) is 5.11 Å². The van der Waals surface area contributed by atoms with Gasteiger partial charge in [0, 0.05) is 30.9 Å². The summed E-state index contributed by atoms with van der Waals surface area (Å²) in [5.41, 5.74) is 2.45. The van der Waals surface area contributed by atoms with Gasteiger partial charge in [-0.15, -0.1) is 0 Å². The summed E-state index contributed by atoms with van der Waals surface area (Å²) >= 11 is 0. The Morgan fingerprint density at radius 1 is 1.39 bits per heavy atom. The summed E-state index contributed by atoms with van der Waals surface area (Å²) in [6.07, 6.45) is 0.438. The van der Waals surface area contributed by atoms with Gasteiger partial charge in [-0.05, 0) is 25.5 Å². The smallest absolute Gasteiger partial charge is 0.0992 e. The van der Waals surface area contributed by atoms with Gasteiger partial charge in [0.2, 0.25) is 0 Å². The second kappa shape index (κ2) is 5.85. The summed E-state index contributed by atoms with van der Waals surface area (Å²) in [7, 11) is 0. The molecule has 1 heterocycles. The Morgan fingerprint density at radius 3 is 2.94 bits per heavy atom. The summed E-state index contributed by atoms with van der Waals surface area (Å²) in [5, 5.41) is 18.8. The zero-order valence-electron chi connectivity index (χ0n) is 10.6. The summed E-state index contributed by atoms with van der Waals surface area (Å²) in [6, 6.07) is 7.59. The Bertz CT molecular complexity index is 444. The van der Waals surface area contributed by atoms with Gasteiger partial charge in [-0.3, -0.25) is 0 Å². The van der Waals surface area contributed by atoms with Gasteiger partial charge in [-0.25, -0.2) is 0 Å². The lowest BCUT2D eigenvalue weighted by Crippen LogP contribution is -2.27. The molecule has 1 fully saturated rings. The van der Waals surface area contributed by atoms with Crippen molar-refractivity contribution in [3.05, 3.63) is 29.3 Å². The second-order valence-electron chi connectivity index (χ2n) is 4.51. The molecule has 0 aliphatic carbocycles. The highest BCUT2D eigenvalue weighted by Gasteiger charge is 2.16. The third-order valence-electron chi connectivity index (χ3n) is 3.17. The van der Waals surface area contributed by atoms with Gasteiger partial charge in [0.25, 0.3) is 0 Å². The molecule has 96 valence electrons. The standard InChI is InChI=1S/C14H18N2O2/c1-11(17)13-4-3-12(10-15)9-14(13)16-5-2-7-18-8-6-16/h3-4,9,11,17H,2,5-8H2,1H3/t11-/m1/s1. The normalized spacial score (nSPS) is 17.9. The van der Waals surface area contributed by atoms with Gasteiger partial charge in [0.15, 0.2) is 0 Å². The van der Waals surface area contributed by atoms with Crippen LogP contribution in [-0.4, -0.2) is 31.4 Å². The minimum atomic E-state index is -0.531. The van der Waals surface area contributed by atoms with Crippen LogP contribution in [0.25, 0.3) is 0 Å². The van der Waals surface area contributed by atoms with E-state index in [0.29, 0.717) is 12.2 Å². The molecule has 1 atom stereocenters. The minimum absolute atomic E-state index is 0.531. The fourth-order valence-corrected chi connectivity index (χ4v) is 2.23. The van der Waals surface area contributed by atoms with E-state index in [1.165, 1.54) is 0 Å². The molecule has 0 radical (unpaired) electrons. The van der Waals surface area contributed by atoms with Crippen LogP contribution in [0.2, 0.25) is 0 Å². The number of nitrogens with zero attached hydrogens (tertiary/aromatic N) is 2. The highest BCUT2D eigenvalue weighted by atomic mass is 16.5. The fraction of sp³-hybridized carbons (Fsp3) is 0.500. The molecule has 0 aromatic heterocycles. The number of anilines is 1. The van der Waals surface area contributed by atoms with Crippen molar-refractivity contribution in [1.82, 2.24) is 0 Å². The summed E-state index contributed by atoms with van der Waals surface area (Å²) < 4.78 is 5.43. The molecule has 0 amide bonds. The molecule has 1 aliphatic rings. The number of hydrogen-bond donors (Lipinski definition) is 1. The number of benzene rings is 1. The van der Waals surface area contributed by atoms with Gasteiger partial charge in [0.1, 0.15) is 0 Å². The third kappa shape index (κ3) is 2.81. The first-order chi connectivity index (χ1) is 8.72. The van der Waals surface area contributed by atoms with Crippen LogP contribution >= 0.6 is 0 Å². The van der Waals surface area contributed by atoms with Crippen molar-refractivity contribution in [2.45, 2.75) is 19.4 Å². The van der Waals surface area contributed by atoms with Crippen molar-refractivity contribution < 1.29 is 9.84 Å². The first kappa shape index (κ1) is 12.9. The molecule has 2 rings (SSSR count). The predicted octanol–water partition coefficient (Wildman–Crippen LogP) is 1.84. The molecule has 18 heavy (non-hydrogen) atoms. The number of ether oxygens (including phenoxy) is 1. The van der Waals surface area contributed by atoms with Crippen LogP contribution < -0.4 is 4.90 Å². The Labute approximate surface area is 107 Å². The van der Waals surface area contributed by atoms with E-state index in [1.807, 2.05) is 12.1 Å². The molecule has 1 aromatic carbocycles. The van der Waals surface area contributed by atoms with Crippen molar-refractivity contribution in [1.29, 1.82) is 5.26 Å². The van der Waals surface area contributed by atoms with Crippen LogP contribution in [0.15, 0.2) is 18.2 Å². The maximum Gasteiger partial charge on any atom is 0.0992 e. The molecule has 4 nitrogen and oxygen atoms in total. The molecule has 1 saturated heterocycles. The van der Waals surface area contributed by atoms with Crippen molar-refractivity contribution in [3.8, 4) is 6.07 Å². The van der Waals surface area contributed by atoms with E-state index in [0.717, 1.165) is 37.4 Å². The van der Waals surface area contributed by atoms with Crippen molar-refractivity contribution in [2.75, 3.05) is 31.2 Å². The minimum Gasteiger partial charge on any atom is -0.389 e. The predicted molar refractivity (Wildman–Crippen MR) is 69.4 cm³/mol. The lowest BCUT2D eigenvalue weighted by Gasteiger charge is -2.26. The van der Waals surface area contributed by atoms with Gasteiger partial charge in [-0.2, -0.15) is 5.26 Å². The first-order valence-corrected chi connectivity index (χ1v) is 6.27. The van der Waals surface area contributed by atoms with Crippen LogP contribution in [0.1, 0.15) is 30.6 Å². The fourth-order valence-electron chi connectivity index (χ4n) is 2.23. The maximum atomic E-state index is 9.83. The average Bonchev–Trinajstić information content (AvgIpc) is 2.66. The molecule has 1 aromatic rings. The van der Waals surface area contributed by atoms with E-state index >= 15 is 0 Å². The highest BCUT2D eigenvalue weighted by Crippen LogP contribution is 2.28. The molecule has 0 saturated carbocycles. The molecular formula is C14H18N2O2. The quantitative estimate of drug-likeness (QED) is 0.865. The first-order valence-electron chi connectivity index (χ1n) is 6.27. The summed E-state index contributed by atoms with van der Waals surface area (Å²) in [6.45, 7) is 4.91. The van der Waals surface area contributed by atoms with Gasteiger partial charge < -0.3 is 14.7 Å². The van der Waals surface area contributed by atoms with Crippen molar-refractivity contribution >= 4 is 5.69 Å². The van der Waals surface area contributed by atoms with Gasteiger partial charge in [0.05, 0.1) is 24.3 Å². The van der Waals surface area contributed by atoms with Gasteiger partial charge >= 0.3 is 0 Å². The summed E-state index contributed by atoms with van der Waals surface area (Å²) in [4.78, 5) is 2.19. The largest absolute Gasteiger partial charge is 0.389 e. The monoisotopic (exact) mass is 246 g/mol.